The Balaban J connectivity index is 2.27. The van der Waals surface area contributed by atoms with Crippen molar-refractivity contribution in [1.82, 2.24) is 9.97 Å². The van der Waals surface area contributed by atoms with Crippen LogP contribution in [0.25, 0.3) is 11.1 Å². The first-order valence-corrected chi connectivity index (χ1v) is 5.71. The molecular weight excluding hydrogens is 215 g/mol. The topological polar surface area (TPSA) is 25.8 Å². The molecule has 0 bridgehead atoms. The van der Waals surface area contributed by atoms with E-state index in [0.29, 0.717) is 11.5 Å². The summed E-state index contributed by atoms with van der Waals surface area (Å²) in [6.45, 7) is 4.30. The molecule has 88 valence electrons. The first-order chi connectivity index (χ1) is 8.16. The maximum atomic E-state index is 13.5. The van der Waals surface area contributed by atoms with Crippen LogP contribution in [0.5, 0.6) is 0 Å². The molecule has 0 amide bonds. The highest BCUT2D eigenvalue weighted by atomic mass is 19.1. The van der Waals surface area contributed by atoms with Gasteiger partial charge in [0.05, 0.1) is 6.20 Å². The summed E-state index contributed by atoms with van der Waals surface area (Å²) in [5.74, 6) is 0.261. The van der Waals surface area contributed by atoms with E-state index in [2.05, 4.69) is 23.8 Å². The second kappa shape index (κ2) is 5.04. The number of aromatic nitrogens is 2. The van der Waals surface area contributed by atoms with Crippen LogP contribution in [-0.4, -0.2) is 9.97 Å². The van der Waals surface area contributed by atoms with Crippen LogP contribution in [0.1, 0.15) is 19.5 Å². The molecule has 0 saturated carbocycles. The Hall–Kier alpha value is -1.77. The molecule has 0 aliphatic rings. The maximum absolute atomic E-state index is 13.5. The van der Waals surface area contributed by atoms with Gasteiger partial charge < -0.3 is 0 Å². The molecule has 0 atom stereocenters. The highest BCUT2D eigenvalue weighted by molar-refractivity contribution is 5.62. The molecule has 3 heteroatoms. The van der Waals surface area contributed by atoms with Gasteiger partial charge >= 0.3 is 0 Å². The van der Waals surface area contributed by atoms with E-state index in [-0.39, 0.29) is 5.82 Å². The summed E-state index contributed by atoms with van der Waals surface area (Å²) < 4.78 is 13.5. The third-order valence-corrected chi connectivity index (χ3v) is 2.53. The van der Waals surface area contributed by atoms with Crippen LogP contribution < -0.4 is 0 Å². The van der Waals surface area contributed by atoms with E-state index < -0.39 is 0 Å². The van der Waals surface area contributed by atoms with Crippen LogP contribution in [0.2, 0.25) is 0 Å². The van der Waals surface area contributed by atoms with Gasteiger partial charge in [-0.05, 0) is 24.5 Å². The Morgan fingerprint density at radius 2 is 2.00 bits per heavy atom. The van der Waals surface area contributed by atoms with Gasteiger partial charge in [0.25, 0.3) is 0 Å². The number of hydrogen-bond acceptors (Lipinski definition) is 2. The minimum atomic E-state index is -0.314. The van der Waals surface area contributed by atoms with Crippen LogP contribution >= 0.6 is 0 Å². The summed E-state index contributed by atoms with van der Waals surface area (Å²) in [5.41, 5.74) is 2.37. The molecule has 0 fully saturated rings. The largest absolute Gasteiger partial charge is 0.262 e. The molecule has 2 heterocycles. The lowest BCUT2D eigenvalue weighted by Crippen LogP contribution is -1.97. The minimum absolute atomic E-state index is 0.314. The molecule has 0 spiro atoms. The summed E-state index contributed by atoms with van der Waals surface area (Å²) in [7, 11) is 0. The molecule has 0 radical (unpaired) electrons. The van der Waals surface area contributed by atoms with Gasteiger partial charge in [0, 0.05) is 29.2 Å². The highest BCUT2D eigenvalue weighted by Gasteiger charge is 2.05. The zero-order valence-corrected chi connectivity index (χ0v) is 10.0. The summed E-state index contributed by atoms with van der Waals surface area (Å²) in [5, 5.41) is 0. The van der Waals surface area contributed by atoms with Crippen molar-refractivity contribution in [3.63, 3.8) is 0 Å². The molecule has 0 aliphatic heterocycles. The maximum Gasteiger partial charge on any atom is 0.149 e. The number of nitrogens with zero attached hydrogens (tertiary/aromatic N) is 2. The molecule has 0 saturated heterocycles. The molecule has 0 unspecified atom stereocenters. The van der Waals surface area contributed by atoms with Crippen molar-refractivity contribution in [2.45, 2.75) is 20.3 Å². The first-order valence-electron chi connectivity index (χ1n) is 5.71. The van der Waals surface area contributed by atoms with Crippen LogP contribution in [0.3, 0.4) is 0 Å². The molecule has 2 rings (SSSR count). The van der Waals surface area contributed by atoms with E-state index in [1.54, 1.807) is 18.5 Å². The monoisotopic (exact) mass is 230 g/mol. The highest BCUT2D eigenvalue weighted by Crippen LogP contribution is 2.21. The molecule has 2 nitrogen and oxygen atoms in total. The molecule has 0 aromatic carbocycles. The lowest BCUT2D eigenvalue weighted by atomic mass is 10.1. The van der Waals surface area contributed by atoms with Crippen LogP contribution in [0.4, 0.5) is 4.39 Å². The van der Waals surface area contributed by atoms with Crippen molar-refractivity contribution in [2.24, 2.45) is 5.92 Å². The normalized spacial score (nSPS) is 10.8. The molecule has 0 N–H and O–H groups in total. The number of halogens is 1. The second-order valence-corrected chi connectivity index (χ2v) is 4.49. The van der Waals surface area contributed by atoms with E-state index in [1.165, 1.54) is 6.20 Å². The summed E-state index contributed by atoms with van der Waals surface area (Å²) in [6.07, 6.45) is 5.47. The van der Waals surface area contributed by atoms with Gasteiger partial charge in [0.15, 0.2) is 0 Å². The van der Waals surface area contributed by atoms with Crippen LogP contribution in [0, 0.1) is 11.7 Å². The fraction of sp³-hybridized carbons (Fsp3) is 0.286. The van der Waals surface area contributed by atoms with Crippen molar-refractivity contribution >= 4 is 0 Å². The third kappa shape index (κ3) is 2.87. The second-order valence-electron chi connectivity index (χ2n) is 4.49. The minimum Gasteiger partial charge on any atom is -0.262 e. The van der Waals surface area contributed by atoms with Crippen molar-refractivity contribution < 1.29 is 4.39 Å². The standard InChI is InChI=1S/C14H15FN2/c1-10(2)7-12-4-3-11(8-17-12)13-5-6-16-9-14(13)15/h3-6,8-10H,7H2,1-2H3. The van der Waals surface area contributed by atoms with Gasteiger partial charge in [-0.2, -0.15) is 0 Å². The van der Waals surface area contributed by atoms with Crippen molar-refractivity contribution in [2.75, 3.05) is 0 Å². The number of hydrogen-bond donors (Lipinski definition) is 0. The van der Waals surface area contributed by atoms with E-state index in [1.807, 2.05) is 12.1 Å². The smallest absolute Gasteiger partial charge is 0.149 e. The van der Waals surface area contributed by atoms with Crippen LogP contribution in [-0.2, 0) is 6.42 Å². The quantitative estimate of drug-likeness (QED) is 0.806. The van der Waals surface area contributed by atoms with Crippen molar-refractivity contribution in [3.05, 3.63) is 48.3 Å². The Labute approximate surface area is 101 Å². The number of pyridine rings is 2. The first kappa shape index (κ1) is 11.7. The van der Waals surface area contributed by atoms with Gasteiger partial charge in [-0.3, -0.25) is 9.97 Å². The zero-order valence-electron chi connectivity index (χ0n) is 10.0. The van der Waals surface area contributed by atoms with E-state index in [9.17, 15) is 4.39 Å². The van der Waals surface area contributed by atoms with E-state index >= 15 is 0 Å². The molecule has 0 aliphatic carbocycles. The zero-order chi connectivity index (χ0) is 12.3. The Kier molecular flexibility index (Phi) is 3.47. The van der Waals surface area contributed by atoms with E-state index in [4.69, 9.17) is 0 Å². The molecule has 17 heavy (non-hydrogen) atoms. The van der Waals surface area contributed by atoms with Gasteiger partial charge in [-0.25, -0.2) is 4.39 Å². The molecule has 2 aromatic heterocycles. The predicted molar refractivity (Wildman–Crippen MR) is 66.0 cm³/mol. The van der Waals surface area contributed by atoms with Crippen molar-refractivity contribution in [1.29, 1.82) is 0 Å². The fourth-order valence-electron chi connectivity index (χ4n) is 1.73. The lowest BCUT2D eigenvalue weighted by molar-refractivity contribution is 0.624. The number of rotatable bonds is 3. The average Bonchev–Trinajstić information content (AvgIpc) is 2.30. The van der Waals surface area contributed by atoms with E-state index in [0.717, 1.165) is 17.7 Å². The molecular formula is C14H15FN2. The lowest BCUT2D eigenvalue weighted by Gasteiger charge is -2.06. The van der Waals surface area contributed by atoms with Gasteiger partial charge in [-0.1, -0.05) is 19.9 Å². The predicted octanol–water partition coefficient (Wildman–Crippen LogP) is 3.48. The Morgan fingerprint density at radius 3 is 2.59 bits per heavy atom. The van der Waals surface area contributed by atoms with Gasteiger partial charge in [0.1, 0.15) is 5.82 Å². The Bertz CT molecular complexity index is 492. The van der Waals surface area contributed by atoms with Gasteiger partial charge in [-0.15, -0.1) is 0 Å². The van der Waals surface area contributed by atoms with Crippen molar-refractivity contribution in [3.8, 4) is 11.1 Å². The van der Waals surface area contributed by atoms with Crippen LogP contribution in [0.15, 0.2) is 36.8 Å². The Morgan fingerprint density at radius 1 is 1.18 bits per heavy atom. The SMILES string of the molecule is CC(C)Cc1ccc(-c2ccncc2F)cn1. The average molecular weight is 230 g/mol. The fourth-order valence-corrected chi connectivity index (χ4v) is 1.73. The summed E-state index contributed by atoms with van der Waals surface area (Å²) in [4.78, 5) is 8.08. The molecule has 2 aromatic rings. The van der Waals surface area contributed by atoms with Gasteiger partial charge in [0.2, 0.25) is 0 Å². The summed E-state index contributed by atoms with van der Waals surface area (Å²) in [6, 6.07) is 5.52. The summed E-state index contributed by atoms with van der Waals surface area (Å²) >= 11 is 0. The third-order valence-electron chi connectivity index (χ3n) is 2.53.